The minimum atomic E-state index is 0.319. The number of hydrogen-bond donors (Lipinski definition) is 0. The second-order valence-electron chi connectivity index (χ2n) is 6.55. The highest BCUT2D eigenvalue weighted by Crippen LogP contribution is 2.26. The number of para-hydroxylation sites is 1. The molecule has 0 spiro atoms. The topological polar surface area (TPSA) is 12.5 Å². The van der Waals surface area contributed by atoms with Crippen LogP contribution >= 0.6 is 11.3 Å². The molecule has 0 aliphatic heterocycles. The van der Waals surface area contributed by atoms with Crippen LogP contribution in [0.3, 0.4) is 0 Å². The lowest BCUT2D eigenvalue weighted by molar-refractivity contribution is 0.159. The highest BCUT2D eigenvalue weighted by atomic mass is 32.1. The molecule has 1 aromatic carbocycles. The van der Waals surface area contributed by atoms with E-state index in [0.29, 0.717) is 5.41 Å². The zero-order valence-electron chi connectivity index (χ0n) is 14.1. The summed E-state index contributed by atoms with van der Waals surface area (Å²) in [5.74, 6) is 0.980. The predicted molar refractivity (Wildman–Crippen MR) is 95.5 cm³/mol. The van der Waals surface area contributed by atoms with E-state index in [1.54, 1.807) is 7.11 Å². The van der Waals surface area contributed by atoms with Gasteiger partial charge < -0.3 is 4.74 Å². The monoisotopic (exact) mass is 317 g/mol. The van der Waals surface area contributed by atoms with E-state index in [2.05, 4.69) is 55.3 Å². The fourth-order valence-electron chi connectivity index (χ4n) is 2.58. The highest BCUT2D eigenvalue weighted by molar-refractivity contribution is 7.09. The smallest absolute Gasteiger partial charge is 0.123 e. The maximum atomic E-state index is 5.51. The molecule has 0 bridgehead atoms. The molecule has 0 saturated heterocycles. The van der Waals surface area contributed by atoms with Crippen LogP contribution < -0.4 is 4.74 Å². The predicted octanol–water partition coefficient (Wildman–Crippen LogP) is 5.20. The maximum absolute atomic E-state index is 5.51. The van der Waals surface area contributed by atoms with Crippen LogP contribution in [0.5, 0.6) is 5.75 Å². The molecule has 0 atom stereocenters. The van der Waals surface area contributed by atoms with Crippen molar-refractivity contribution in [2.75, 3.05) is 13.7 Å². The number of rotatable bonds is 8. The number of thiophene rings is 1. The first kappa shape index (κ1) is 17.0. The summed E-state index contributed by atoms with van der Waals surface area (Å²) in [4.78, 5) is 3.95. The van der Waals surface area contributed by atoms with Gasteiger partial charge in [0, 0.05) is 30.1 Å². The van der Waals surface area contributed by atoms with Crippen LogP contribution in [0.4, 0.5) is 0 Å². The van der Waals surface area contributed by atoms with Gasteiger partial charge >= 0.3 is 0 Å². The van der Waals surface area contributed by atoms with Gasteiger partial charge in [0.25, 0.3) is 0 Å². The highest BCUT2D eigenvalue weighted by Gasteiger charge is 2.21. The lowest BCUT2D eigenvalue weighted by atomic mass is 9.89. The summed E-state index contributed by atoms with van der Waals surface area (Å²) >= 11 is 1.83. The summed E-state index contributed by atoms with van der Waals surface area (Å²) in [7, 11) is 1.75. The number of benzene rings is 1. The van der Waals surface area contributed by atoms with E-state index in [9.17, 15) is 0 Å². The van der Waals surface area contributed by atoms with Crippen molar-refractivity contribution in [2.24, 2.45) is 5.41 Å². The molecule has 3 heteroatoms. The SMILES string of the molecule is CCC(C)(C)CN(Cc1cccs1)Cc1ccccc1OC. The Bertz CT molecular complexity index is 563. The molecule has 0 N–H and O–H groups in total. The van der Waals surface area contributed by atoms with Gasteiger partial charge in [0.15, 0.2) is 0 Å². The Labute approximate surface area is 138 Å². The van der Waals surface area contributed by atoms with Crippen LogP contribution in [0.2, 0.25) is 0 Å². The Morgan fingerprint density at radius 1 is 1.09 bits per heavy atom. The van der Waals surface area contributed by atoms with Gasteiger partial charge in [0.2, 0.25) is 0 Å². The van der Waals surface area contributed by atoms with Crippen LogP contribution in [0.1, 0.15) is 37.6 Å². The molecule has 0 amide bonds. The number of ether oxygens (including phenoxy) is 1. The van der Waals surface area contributed by atoms with Crippen molar-refractivity contribution in [3.63, 3.8) is 0 Å². The van der Waals surface area contributed by atoms with Crippen molar-refractivity contribution in [2.45, 2.75) is 40.3 Å². The summed E-state index contributed by atoms with van der Waals surface area (Å²) < 4.78 is 5.51. The number of methoxy groups -OCH3 is 1. The molecule has 1 aromatic heterocycles. The van der Waals surface area contributed by atoms with Gasteiger partial charge in [-0.15, -0.1) is 11.3 Å². The minimum absolute atomic E-state index is 0.319. The summed E-state index contributed by atoms with van der Waals surface area (Å²) in [5.41, 5.74) is 1.58. The molecule has 2 aromatic rings. The van der Waals surface area contributed by atoms with E-state index >= 15 is 0 Å². The second kappa shape index (κ2) is 7.80. The van der Waals surface area contributed by atoms with E-state index in [1.807, 2.05) is 23.5 Å². The number of nitrogens with zero attached hydrogens (tertiary/aromatic N) is 1. The van der Waals surface area contributed by atoms with Crippen LogP contribution in [0, 0.1) is 5.41 Å². The Kier molecular flexibility index (Phi) is 6.04. The van der Waals surface area contributed by atoms with Crippen LogP contribution in [0.25, 0.3) is 0 Å². The van der Waals surface area contributed by atoms with E-state index in [4.69, 9.17) is 4.74 Å². The van der Waals surface area contributed by atoms with Crippen molar-refractivity contribution < 1.29 is 4.74 Å². The summed E-state index contributed by atoms with van der Waals surface area (Å²) in [5, 5.41) is 2.15. The third-order valence-corrected chi connectivity index (χ3v) is 5.02. The molecule has 120 valence electrons. The summed E-state index contributed by atoms with van der Waals surface area (Å²) in [6, 6.07) is 12.7. The molecule has 0 unspecified atom stereocenters. The van der Waals surface area contributed by atoms with Gasteiger partial charge in [-0.05, 0) is 29.3 Å². The van der Waals surface area contributed by atoms with Gasteiger partial charge in [0.05, 0.1) is 7.11 Å². The van der Waals surface area contributed by atoms with Gasteiger partial charge in [-0.2, -0.15) is 0 Å². The largest absolute Gasteiger partial charge is 0.496 e. The van der Waals surface area contributed by atoms with E-state index < -0.39 is 0 Å². The molecule has 0 saturated carbocycles. The Morgan fingerprint density at radius 2 is 1.86 bits per heavy atom. The third-order valence-electron chi connectivity index (χ3n) is 4.15. The van der Waals surface area contributed by atoms with Crippen molar-refractivity contribution >= 4 is 11.3 Å². The van der Waals surface area contributed by atoms with E-state index in [1.165, 1.54) is 16.9 Å². The van der Waals surface area contributed by atoms with Gasteiger partial charge in [-0.3, -0.25) is 4.90 Å². The molecule has 0 aliphatic rings. The molecule has 0 aliphatic carbocycles. The van der Waals surface area contributed by atoms with Crippen LogP contribution in [-0.4, -0.2) is 18.6 Å². The number of hydrogen-bond acceptors (Lipinski definition) is 3. The fraction of sp³-hybridized carbons (Fsp3) is 0.474. The van der Waals surface area contributed by atoms with Crippen LogP contribution in [-0.2, 0) is 13.1 Å². The normalized spacial score (nSPS) is 11.9. The molecular weight excluding hydrogens is 290 g/mol. The van der Waals surface area contributed by atoms with E-state index in [-0.39, 0.29) is 0 Å². The first-order chi connectivity index (χ1) is 10.5. The average Bonchev–Trinajstić information content (AvgIpc) is 3.00. The lowest BCUT2D eigenvalue weighted by Gasteiger charge is -2.32. The summed E-state index contributed by atoms with van der Waals surface area (Å²) in [6.07, 6.45) is 1.18. The fourth-order valence-corrected chi connectivity index (χ4v) is 3.33. The van der Waals surface area contributed by atoms with Crippen molar-refractivity contribution in [3.05, 3.63) is 52.2 Å². The van der Waals surface area contributed by atoms with Gasteiger partial charge in [0.1, 0.15) is 5.75 Å². The molecule has 2 rings (SSSR count). The molecule has 22 heavy (non-hydrogen) atoms. The Hall–Kier alpha value is -1.32. The zero-order chi connectivity index (χ0) is 16.0. The first-order valence-electron chi connectivity index (χ1n) is 7.90. The molecule has 1 heterocycles. The minimum Gasteiger partial charge on any atom is -0.496 e. The molecular formula is C19H27NOS. The standard InChI is InChI=1S/C19H27NOS/c1-5-19(2,3)15-20(14-17-10-8-12-22-17)13-16-9-6-7-11-18(16)21-4/h6-12H,5,13-15H2,1-4H3. The van der Waals surface area contributed by atoms with Crippen molar-refractivity contribution in [1.82, 2.24) is 4.90 Å². The summed E-state index contributed by atoms with van der Waals surface area (Å²) in [6.45, 7) is 9.96. The van der Waals surface area contributed by atoms with E-state index in [0.717, 1.165) is 25.4 Å². The van der Waals surface area contributed by atoms with Gasteiger partial charge in [-0.1, -0.05) is 45.0 Å². The molecule has 0 fully saturated rings. The Morgan fingerprint density at radius 3 is 2.50 bits per heavy atom. The zero-order valence-corrected chi connectivity index (χ0v) is 15.0. The van der Waals surface area contributed by atoms with Crippen molar-refractivity contribution in [1.29, 1.82) is 0 Å². The second-order valence-corrected chi connectivity index (χ2v) is 7.59. The first-order valence-corrected chi connectivity index (χ1v) is 8.78. The van der Waals surface area contributed by atoms with Gasteiger partial charge in [-0.25, -0.2) is 0 Å². The average molecular weight is 317 g/mol. The molecule has 2 nitrogen and oxygen atoms in total. The molecule has 0 radical (unpaired) electrons. The third kappa shape index (κ3) is 4.85. The quantitative estimate of drug-likeness (QED) is 0.664. The van der Waals surface area contributed by atoms with Crippen LogP contribution in [0.15, 0.2) is 41.8 Å². The Balaban J connectivity index is 2.16. The van der Waals surface area contributed by atoms with Crippen molar-refractivity contribution in [3.8, 4) is 5.75 Å². The lowest BCUT2D eigenvalue weighted by Crippen LogP contribution is -2.33. The maximum Gasteiger partial charge on any atom is 0.123 e.